The van der Waals surface area contributed by atoms with Gasteiger partial charge in [-0.1, -0.05) is 6.92 Å². The van der Waals surface area contributed by atoms with E-state index in [0.29, 0.717) is 17.7 Å². The zero-order chi connectivity index (χ0) is 20.1. The van der Waals surface area contributed by atoms with Gasteiger partial charge in [0, 0.05) is 25.2 Å². The highest BCUT2D eigenvalue weighted by Gasteiger charge is 2.44. The van der Waals surface area contributed by atoms with E-state index in [0.717, 1.165) is 36.5 Å². The molecule has 4 amide bonds. The summed E-state index contributed by atoms with van der Waals surface area (Å²) in [6, 6.07) is 4.32. The van der Waals surface area contributed by atoms with Crippen molar-refractivity contribution in [3.05, 3.63) is 29.3 Å². The number of anilines is 1. The van der Waals surface area contributed by atoms with Crippen molar-refractivity contribution < 1.29 is 19.2 Å². The van der Waals surface area contributed by atoms with Crippen LogP contribution in [0, 0.1) is 5.41 Å². The summed E-state index contributed by atoms with van der Waals surface area (Å²) in [5, 5.41) is 2.21. The summed E-state index contributed by atoms with van der Waals surface area (Å²) < 4.78 is 0. The Bertz CT molecular complexity index is 873. The molecule has 0 bridgehead atoms. The highest BCUT2D eigenvalue weighted by atomic mass is 16.2. The summed E-state index contributed by atoms with van der Waals surface area (Å²) >= 11 is 0. The molecule has 8 nitrogen and oxygen atoms in total. The number of amides is 4. The lowest BCUT2D eigenvalue weighted by molar-refractivity contribution is -0.136. The van der Waals surface area contributed by atoms with Crippen LogP contribution in [0.15, 0.2) is 18.2 Å². The van der Waals surface area contributed by atoms with Crippen LogP contribution in [0.3, 0.4) is 0 Å². The second-order valence-corrected chi connectivity index (χ2v) is 8.18. The van der Waals surface area contributed by atoms with Crippen LogP contribution in [0.25, 0.3) is 0 Å². The average Bonchev–Trinajstić information content (AvgIpc) is 2.93. The van der Waals surface area contributed by atoms with E-state index in [1.165, 1.54) is 0 Å². The number of carbonyl (C=O) groups is 4. The van der Waals surface area contributed by atoms with Gasteiger partial charge in [-0.15, -0.1) is 0 Å². The van der Waals surface area contributed by atoms with E-state index < -0.39 is 23.8 Å². The number of hydrogen-bond acceptors (Lipinski definition) is 6. The maximum absolute atomic E-state index is 12.9. The lowest BCUT2D eigenvalue weighted by atomic mass is 9.80. The zero-order valence-electron chi connectivity index (χ0n) is 15.9. The predicted octanol–water partition coefficient (Wildman–Crippen LogP) is 0.653. The first-order chi connectivity index (χ1) is 13.3. The second-order valence-electron chi connectivity index (χ2n) is 8.18. The Morgan fingerprint density at radius 1 is 1.11 bits per heavy atom. The number of piperidine rings is 2. The molecule has 3 aliphatic rings. The Morgan fingerprint density at radius 2 is 1.79 bits per heavy atom. The minimum absolute atomic E-state index is 0.114. The summed E-state index contributed by atoms with van der Waals surface area (Å²) in [5.74, 6) is -1.92. The Kier molecular flexibility index (Phi) is 4.45. The molecule has 0 radical (unpaired) electrons. The van der Waals surface area contributed by atoms with Gasteiger partial charge in [-0.25, -0.2) is 0 Å². The maximum atomic E-state index is 12.9. The fourth-order valence-electron chi connectivity index (χ4n) is 4.16. The van der Waals surface area contributed by atoms with Crippen LogP contribution >= 0.6 is 0 Å². The Hall–Kier alpha value is -2.74. The van der Waals surface area contributed by atoms with Gasteiger partial charge >= 0.3 is 0 Å². The summed E-state index contributed by atoms with van der Waals surface area (Å²) in [7, 11) is 0. The highest BCUT2D eigenvalue weighted by molar-refractivity contribution is 6.23. The van der Waals surface area contributed by atoms with E-state index in [1.54, 1.807) is 12.1 Å². The Morgan fingerprint density at radius 3 is 2.43 bits per heavy atom. The van der Waals surface area contributed by atoms with E-state index in [2.05, 4.69) is 17.1 Å². The van der Waals surface area contributed by atoms with Gasteiger partial charge in [-0.3, -0.25) is 29.4 Å². The number of imide groups is 2. The summed E-state index contributed by atoms with van der Waals surface area (Å²) in [5.41, 5.74) is 7.53. The average molecular weight is 384 g/mol. The third-order valence-corrected chi connectivity index (χ3v) is 6.25. The molecule has 1 unspecified atom stereocenters. The first kappa shape index (κ1) is 18.6. The molecule has 8 heteroatoms. The number of nitrogens with two attached hydrogens (primary N) is 1. The van der Waals surface area contributed by atoms with Gasteiger partial charge in [0.15, 0.2) is 0 Å². The molecule has 0 aliphatic carbocycles. The van der Waals surface area contributed by atoms with Crippen molar-refractivity contribution in [2.45, 2.75) is 38.6 Å². The van der Waals surface area contributed by atoms with Gasteiger partial charge in [0.1, 0.15) is 6.04 Å². The summed E-state index contributed by atoms with van der Waals surface area (Å²) in [6.45, 7) is 4.52. The molecule has 4 rings (SSSR count). The molecule has 28 heavy (non-hydrogen) atoms. The third kappa shape index (κ3) is 2.97. The Labute approximate surface area is 163 Å². The van der Waals surface area contributed by atoms with Crippen molar-refractivity contribution >= 4 is 29.3 Å². The first-order valence-corrected chi connectivity index (χ1v) is 9.64. The molecule has 0 saturated carbocycles. The molecule has 3 heterocycles. The van der Waals surface area contributed by atoms with Crippen molar-refractivity contribution in [2.24, 2.45) is 11.1 Å². The minimum Gasteiger partial charge on any atom is -0.371 e. The van der Waals surface area contributed by atoms with Gasteiger partial charge in [-0.2, -0.15) is 0 Å². The second kappa shape index (κ2) is 6.70. The standard InChI is InChI=1S/C20H24N4O4/c1-20(11-21)6-8-23(9-7-20)12-2-3-13-14(10-12)19(28)24(18(13)27)15-4-5-16(25)22-17(15)26/h2-3,10,15H,4-9,11,21H2,1H3,(H,22,25,26). The van der Waals surface area contributed by atoms with Gasteiger partial charge in [-0.05, 0) is 49.4 Å². The molecule has 0 spiro atoms. The van der Waals surface area contributed by atoms with E-state index in [1.807, 2.05) is 6.07 Å². The largest absolute Gasteiger partial charge is 0.371 e. The van der Waals surface area contributed by atoms with Crippen LogP contribution < -0.4 is 16.0 Å². The predicted molar refractivity (Wildman–Crippen MR) is 102 cm³/mol. The van der Waals surface area contributed by atoms with Crippen LogP contribution in [0.5, 0.6) is 0 Å². The molecular formula is C20H24N4O4. The van der Waals surface area contributed by atoms with Crippen LogP contribution in [-0.2, 0) is 9.59 Å². The lowest BCUT2D eigenvalue weighted by Gasteiger charge is -2.39. The lowest BCUT2D eigenvalue weighted by Crippen LogP contribution is -2.54. The van der Waals surface area contributed by atoms with E-state index in [-0.39, 0.29) is 24.2 Å². The van der Waals surface area contributed by atoms with Crippen molar-refractivity contribution in [3.8, 4) is 0 Å². The van der Waals surface area contributed by atoms with Crippen molar-refractivity contribution in [1.82, 2.24) is 10.2 Å². The quantitative estimate of drug-likeness (QED) is 0.740. The number of rotatable bonds is 3. The molecule has 2 fully saturated rings. The molecule has 148 valence electrons. The molecule has 3 aliphatic heterocycles. The SMILES string of the molecule is CC1(CN)CCN(c2ccc3c(c2)C(=O)N(C2CCC(=O)NC2=O)C3=O)CC1. The summed E-state index contributed by atoms with van der Waals surface area (Å²) in [4.78, 5) is 52.4. The number of carbonyl (C=O) groups excluding carboxylic acids is 4. The number of nitrogens with one attached hydrogen (secondary N) is 1. The molecule has 3 N–H and O–H groups in total. The van der Waals surface area contributed by atoms with Crippen molar-refractivity contribution in [2.75, 3.05) is 24.5 Å². The monoisotopic (exact) mass is 384 g/mol. The molecule has 2 saturated heterocycles. The molecular weight excluding hydrogens is 360 g/mol. The molecule has 0 aromatic heterocycles. The third-order valence-electron chi connectivity index (χ3n) is 6.25. The van der Waals surface area contributed by atoms with Gasteiger partial charge in [0.05, 0.1) is 11.1 Å². The number of nitrogens with zero attached hydrogens (tertiary/aromatic N) is 2. The highest BCUT2D eigenvalue weighted by Crippen LogP contribution is 2.34. The zero-order valence-corrected chi connectivity index (χ0v) is 15.9. The molecule has 1 atom stereocenters. The maximum Gasteiger partial charge on any atom is 0.262 e. The van der Waals surface area contributed by atoms with E-state index in [4.69, 9.17) is 5.73 Å². The fourth-order valence-corrected chi connectivity index (χ4v) is 4.16. The smallest absolute Gasteiger partial charge is 0.262 e. The van der Waals surface area contributed by atoms with Crippen LogP contribution in [0.1, 0.15) is 53.3 Å². The fraction of sp³-hybridized carbons (Fsp3) is 0.500. The normalized spacial score (nSPS) is 24.4. The van der Waals surface area contributed by atoms with Crippen LogP contribution in [0.2, 0.25) is 0 Å². The first-order valence-electron chi connectivity index (χ1n) is 9.64. The van der Waals surface area contributed by atoms with Gasteiger partial charge in [0.2, 0.25) is 11.8 Å². The van der Waals surface area contributed by atoms with Crippen molar-refractivity contribution in [3.63, 3.8) is 0 Å². The van der Waals surface area contributed by atoms with Crippen LogP contribution in [0.4, 0.5) is 5.69 Å². The topological polar surface area (TPSA) is 113 Å². The molecule has 1 aromatic carbocycles. The Balaban J connectivity index is 1.56. The molecule has 1 aromatic rings. The minimum atomic E-state index is -0.936. The van der Waals surface area contributed by atoms with Gasteiger partial charge in [0.25, 0.3) is 11.8 Å². The van der Waals surface area contributed by atoms with Crippen molar-refractivity contribution in [1.29, 1.82) is 0 Å². The van der Waals surface area contributed by atoms with Crippen LogP contribution in [-0.4, -0.2) is 54.2 Å². The number of fused-ring (bicyclic) bond motifs is 1. The van der Waals surface area contributed by atoms with E-state index in [9.17, 15) is 19.2 Å². The number of hydrogen-bond donors (Lipinski definition) is 2. The van der Waals surface area contributed by atoms with Gasteiger partial charge < -0.3 is 10.6 Å². The van der Waals surface area contributed by atoms with E-state index >= 15 is 0 Å². The number of benzene rings is 1. The summed E-state index contributed by atoms with van der Waals surface area (Å²) in [6.07, 6.45) is 2.21.